The molecule has 0 fully saturated rings. The number of benzene rings is 2. The van der Waals surface area contributed by atoms with Gasteiger partial charge in [-0.1, -0.05) is 82.0 Å². The van der Waals surface area contributed by atoms with E-state index in [0.29, 0.717) is 5.92 Å². The Morgan fingerprint density at radius 1 is 0.929 bits per heavy atom. The van der Waals surface area contributed by atoms with Gasteiger partial charge in [0.2, 0.25) is 0 Å². The zero-order valence-electron chi connectivity index (χ0n) is 18.4. The van der Waals surface area contributed by atoms with Crippen molar-refractivity contribution in [2.75, 3.05) is 0 Å². The van der Waals surface area contributed by atoms with Crippen LogP contribution in [-0.2, 0) is 5.41 Å². The quantitative estimate of drug-likeness (QED) is 0.547. The topological polar surface area (TPSA) is 28.7 Å². The summed E-state index contributed by atoms with van der Waals surface area (Å²) < 4.78 is 0. The van der Waals surface area contributed by atoms with E-state index in [4.69, 9.17) is 0 Å². The smallest absolute Gasteiger partial charge is 0.101 e. The molecule has 0 amide bonds. The minimum Gasteiger partial charge on any atom is -0.348 e. The maximum atomic E-state index is 3.93. The first-order chi connectivity index (χ1) is 13.3. The Labute approximate surface area is 172 Å². The van der Waals surface area contributed by atoms with Gasteiger partial charge in [0, 0.05) is 23.2 Å². The van der Waals surface area contributed by atoms with Crippen LogP contribution < -0.4 is 0 Å². The van der Waals surface area contributed by atoms with Crippen LogP contribution in [0.3, 0.4) is 0 Å². The lowest BCUT2D eigenvalue weighted by Crippen LogP contribution is -2.10. The summed E-state index contributed by atoms with van der Waals surface area (Å²) >= 11 is 0. The first-order valence-electron chi connectivity index (χ1n) is 10.4. The highest BCUT2D eigenvalue weighted by atomic mass is 14.9. The van der Waals surface area contributed by atoms with Crippen LogP contribution in [0, 0.1) is 13.8 Å². The summed E-state index contributed by atoms with van der Waals surface area (Å²) in [6, 6.07) is 17.6. The van der Waals surface area contributed by atoms with E-state index in [9.17, 15) is 0 Å². The van der Waals surface area contributed by atoms with Crippen LogP contribution in [0.15, 0.2) is 61.1 Å². The van der Waals surface area contributed by atoms with Gasteiger partial charge < -0.3 is 4.98 Å². The molecule has 2 aromatic carbocycles. The van der Waals surface area contributed by atoms with E-state index in [1.807, 2.05) is 6.20 Å². The van der Waals surface area contributed by atoms with Crippen molar-refractivity contribution in [2.24, 2.45) is 0 Å². The molecule has 3 aromatic rings. The number of hydrogen-bond acceptors (Lipinski definition) is 1. The molecule has 148 valence electrons. The second-order valence-electron chi connectivity index (χ2n) is 8.62. The molecule has 0 radical (unpaired) electrons. The van der Waals surface area contributed by atoms with Crippen LogP contribution in [-0.4, -0.2) is 17.8 Å². The molecule has 0 bridgehead atoms. The molecule has 2 nitrogen and oxygen atoms in total. The summed E-state index contributed by atoms with van der Waals surface area (Å²) in [4.78, 5) is 7.00. The van der Waals surface area contributed by atoms with Crippen LogP contribution >= 0.6 is 0 Å². The number of nitrogens with zero attached hydrogens (tertiary/aromatic N) is 1. The molecule has 3 heteroatoms. The highest BCUT2D eigenvalue weighted by Crippen LogP contribution is 2.33. The Kier molecular flexibility index (Phi) is 8.11. The normalized spacial score (nSPS) is 11.2. The zero-order valence-corrected chi connectivity index (χ0v) is 18.4. The molecule has 1 aromatic heterocycles. The monoisotopic (exact) mass is 374 g/mol. The third-order valence-electron chi connectivity index (χ3n) is 5.28. The van der Waals surface area contributed by atoms with Crippen molar-refractivity contribution < 1.29 is 0 Å². The largest absolute Gasteiger partial charge is 0.348 e. The first kappa shape index (κ1) is 22.0. The molecule has 0 spiro atoms. The van der Waals surface area contributed by atoms with E-state index < -0.39 is 0 Å². The number of aryl methyl sites for hydroxylation is 2. The Morgan fingerprint density at radius 3 is 1.82 bits per heavy atom. The number of aromatic nitrogens is 2. The van der Waals surface area contributed by atoms with E-state index >= 15 is 0 Å². The van der Waals surface area contributed by atoms with E-state index in [1.54, 1.807) is 6.33 Å². The fourth-order valence-electron chi connectivity index (χ4n) is 3.51. The van der Waals surface area contributed by atoms with Gasteiger partial charge in [0.1, 0.15) is 7.85 Å². The highest BCUT2D eigenvalue weighted by molar-refractivity contribution is 6.08. The lowest BCUT2D eigenvalue weighted by atomic mass is 9.81. The lowest BCUT2D eigenvalue weighted by Gasteiger charge is -2.21. The van der Waals surface area contributed by atoms with E-state index in [2.05, 4.69) is 101 Å². The van der Waals surface area contributed by atoms with Gasteiger partial charge in [-0.3, -0.25) is 0 Å². The predicted molar refractivity (Wildman–Crippen MR) is 124 cm³/mol. The van der Waals surface area contributed by atoms with Gasteiger partial charge in [0.15, 0.2) is 0 Å². The fourth-order valence-corrected chi connectivity index (χ4v) is 3.51. The molecule has 1 heterocycles. The SMILES string of the molecule is BCCCC(c1ccccc1C)c1ccccc1C.CC(C)(C)c1cnc[nH]1. The summed E-state index contributed by atoms with van der Waals surface area (Å²) in [5.41, 5.74) is 7.19. The Bertz CT molecular complexity index is 786. The number of imidazole rings is 1. The van der Waals surface area contributed by atoms with E-state index in [-0.39, 0.29) is 5.41 Å². The summed E-state index contributed by atoms with van der Waals surface area (Å²) in [5, 5.41) is 0. The van der Waals surface area contributed by atoms with Crippen molar-refractivity contribution in [3.63, 3.8) is 0 Å². The zero-order chi connectivity index (χ0) is 20.6. The molecule has 0 aliphatic carbocycles. The number of rotatable bonds is 5. The number of H-pyrrole nitrogens is 1. The fraction of sp³-hybridized carbons (Fsp3) is 0.400. The summed E-state index contributed by atoms with van der Waals surface area (Å²) in [5.74, 6) is 0.544. The molecule has 0 saturated carbocycles. The van der Waals surface area contributed by atoms with Gasteiger partial charge in [-0.25, -0.2) is 4.98 Å². The van der Waals surface area contributed by atoms with Gasteiger partial charge in [-0.2, -0.15) is 0 Å². The molecular weight excluding hydrogens is 339 g/mol. The maximum Gasteiger partial charge on any atom is 0.101 e. The molecule has 0 unspecified atom stereocenters. The average molecular weight is 374 g/mol. The lowest BCUT2D eigenvalue weighted by molar-refractivity contribution is 0.572. The van der Waals surface area contributed by atoms with Crippen LogP contribution in [0.25, 0.3) is 0 Å². The maximum absolute atomic E-state index is 3.93. The van der Waals surface area contributed by atoms with Gasteiger partial charge in [-0.05, 0) is 42.5 Å². The van der Waals surface area contributed by atoms with Gasteiger partial charge in [0.05, 0.1) is 6.33 Å². The van der Waals surface area contributed by atoms with Crippen molar-refractivity contribution in [2.45, 2.75) is 65.1 Å². The van der Waals surface area contributed by atoms with Crippen molar-refractivity contribution in [1.29, 1.82) is 0 Å². The van der Waals surface area contributed by atoms with Crippen molar-refractivity contribution >= 4 is 7.85 Å². The number of nitrogens with one attached hydrogen (secondary N) is 1. The Hall–Kier alpha value is -2.29. The summed E-state index contributed by atoms with van der Waals surface area (Å²) in [6.07, 6.45) is 7.36. The summed E-state index contributed by atoms with van der Waals surface area (Å²) in [6.45, 7) is 10.9. The standard InChI is InChI=1S/C18H23B.C7H12N2/c1-14-8-3-5-10-16(14)18(12-7-13-19)17-11-6-4-9-15(17)2;1-7(2,3)6-4-8-5-9-6/h3-6,8-11,18H,7,12-13,19H2,1-2H3;4-5H,1-3H3,(H,8,9). The second kappa shape index (κ2) is 10.3. The molecule has 0 saturated heterocycles. The Balaban J connectivity index is 0.000000261. The van der Waals surface area contributed by atoms with Gasteiger partial charge in [-0.15, -0.1) is 0 Å². The van der Waals surface area contributed by atoms with Crippen LogP contribution in [0.4, 0.5) is 0 Å². The molecular formula is C25H35BN2. The first-order valence-corrected chi connectivity index (χ1v) is 10.4. The minimum absolute atomic E-state index is 0.205. The van der Waals surface area contributed by atoms with E-state index in [0.717, 1.165) is 0 Å². The minimum atomic E-state index is 0.205. The van der Waals surface area contributed by atoms with Gasteiger partial charge in [0.25, 0.3) is 0 Å². The second-order valence-corrected chi connectivity index (χ2v) is 8.62. The number of aromatic amines is 1. The Morgan fingerprint density at radius 2 is 1.46 bits per heavy atom. The van der Waals surface area contributed by atoms with E-state index in [1.165, 1.54) is 47.1 Å². The van der Waals surface area contributed by atoms with Gasteiger partial charge >= 0.3 is 0 Å². The third kappa shape index (κ3) is 6.12. The molecule has 0 atom stereocenters. The molecule has 1 N–H and O–H groups in total. The van der Waals surface area contributed by atoms with Crippen LogP contribution in [0.5, 0.6) is 0 Å². The molecule has 0 aliphatic heterocycles. The molecule has 28 heavy (non-hydrogen) atoms. The van der Waals surface area contributed by atoms with Crippen molar-refractivity contribution in [1.82, 2.24) is 9.97 Å². The predicted octanol–water partition coefficient (Wildman–Crippen LogP) is 5.97. The highest BCUT2D eigenvalue weighted by Gasteiger charge is 2.17. The van der Waals surface area contributed by atoms with Crippen molar-refractivity contribution in [3.8, 4) is 0 Å². The van der Waals surface area contributed by atoms with Crippen molar-refractivity contribution in [3.05, 3.63) is 89.0 Å². The van der Waals surface area contributed by atoms with Crippen LogP contribution in [0.2, 0.25) is 6.32 Å². The number of hydrogen-bond donors (Lipinski definition) is 1. The third-order valence-corrected chi connectivity index (χ3v) is 5.28. The summed E-state index contributed by atoms with van der Waals surface area (Å²) in [7, 11) is 2.27. The molecule has 0 aliphatic rings. The van der Waals surface area contributed by atoms with Crippen LogP contribution in [0.1, 0.15) is 67.5 Å². The molecule has 3 rings (SSSR count). The average Bonchev–Trinajstić information content (AvgIpc) is 3.20.